The predicted octanol–water partition coefficient (Wildman–Crippen LogP) is 4.00. The SMILES string of the molecule is O=C(Nc1sc2c(c1C(=O)Nc1cccc(C(=O)N3CCOCC3)c1)CCCC2)c1cccnc1. The number of pyridine rings is 1. The van der Waals surface area contributed by atoms with Gasteiger partial charge in [-0.3, -0.25) is 19.4 Å². The van der Waals surface area contributed by atoms with Gasteiger partial charge in [-0.1, -0.05) is 6.07 Å². The third-order valence-corrected chi connectivity index (χ3v) is 7.42. The van der Waals surface area contributed by atoms with E-state index in [1.807, 2.05) is 0 Å². The normalized spacial score (nSPS) is 15.3. The zero-order chi connectivity index (χ0) is 24.2. The molecule has 1 saturated heterocycles. The Morgan fingerprint density at radius 1 is 0.943 bits per heavy atom. The summed E-state index contributed by atoms with van der Waals surface area (Å²) in [5.41, 5.74) is 2.99. The van der Waals surface area contributed by atoms with Gasteiger partial charge >= 0.3 is 0 Å². The Balaban J connectivity index is 1.39. The van der Waals surface area contributed by atoms with Crippen LogP contribution in [0.25, 0.3) is 0 Å². The summed E-state index contributed by atoms with van der Waals surface area (Å²) in [6, 6.07) is 10.4. The fourth-order valence-corrected chi connectivity index (χ4v) is 5.72. The van der Waals surface area contributed by atoms with Crippen LogP contribution in [-0.4, -0.2) is 53.9 Å². The summed E-state index contributed by atoms with van der Waals surface area (Å²) in [4.78, 5) is 46.1. The van der Waals surface area contributed by atoms with Gasteiger partial charge in [-0.15, -0.1) is 11.3 Å². The number of morpholine rings is 1. The number of anilines is 2. The van der Waals surface area contributed by atoms with Crippen LogP contribution >= 0.6 is 11.3 Å². The molecule has 3 heterocycles. The van der Waals surface area contributed by atoms with Crippen LogP contribution in [0.1, 0.15) is 54.4 Å². The second kappa shape index (κ2) is 10.4. The number of rotatable bonds is 5. The van der Waals surface area contributed by atoms with Crippen LogP contribution in [0.5, 0.6) is 0 Å². The second-order valence-electron chi connectivity index (χ2n) is 8.55. The minimum absolute atomic E-state index is 0.0817. The molecule has 5 rings (SSSR count). The summed E-state index contributed by atoms with van der Waals surface area (Å²) in [6.45, 7) is 2.16. The lowest BCUT2D eigenvalue weighted by Crippen LogP contribution is -2.40. The standard InChI is InChI=1S/C26H26N4O4S/c31-23(18-6-4-10-27-16-18)29-25-22(20-8-1-2-9-21(20)35-25)24(32)28-19-7-3-5-17(15-19)26(33)30-11-13-34-14-12-30/h3-7,10,15-16H,1-2,8-9,11-14H2,(H,28,32)(H,29,31). The number of benzene rings is 1. The van der Waals surface area contributed by atoms with Gasteiger partial charge in [0.25, 0.3) is 17.7 Å². The highest BCUT2D eigenvalue weighted by Gasteiger charge is 2.27. The Morgan fingerprint density at radius 2 is 1.74 bits per heavy atom. The fraction of sp³-hybridized carbons (Fsp3) is 0.308. The van der Waals surface area contributed by atoms with Gasteiger partial charge in [-0.2, -0.15) is 0 Å². The number of hydrogen-bond acceptors (Lipinski definition) is 6. The number of thiophene rings is 1. The lowest BCUT2D eigenvalue weighted by Gasteiger charge is -2.27. The molecule has 1 aromatic carbocycles. The Hall–Kier alpha value is -3.56. The van der Waals surface area contributed by atoms with Gasteiger partial charge in [0.15, 0.2) is 0 Å². The summed E-state index contributed by atoms with van der Waals surface area (Å²) in [5.74, 6) is -0.674. The van der Waals surface area contributed by atoms with Gasteiger partial charge < -0.3 is 20.3 Å². The molecule has 1 aliphatic heterocycles. The molecular weight excluding hydrogens is 464 g/mol. The molecule has 1 fully saturated rings. The minimum Gasteiger partial charge on any atom is -0.378 e. The Bertz CT molecular complexity index is 1250. The van der Waals surface area contributed by atoms with Crippen molar-refractivity contribution in [1.29, 1.82) is 0 Å². The number of aromatic nitrogens is 1. The molecule has 35 heavy (non-hydrogen) atoms. The van der Waals surface area contributed by atoms with Crippen LogP contribution in [0.2, 0.25) is 0 Å². The molecular formula is C26H26N4O4S. The quantitative estimate of drug-likeness (QED) is 0.563. The summed E-state index contributed by atoms with van der Waals surface area (Å²) in [7, 11) is 0. The van der Waals surface area contributed by atoms with E-state index in [0.717, 1.165) is 36.1 Å². The maximum Gasteiger partial charge on any atom is 0.258 e. The molecule has 2 N–H and O–H groups in total. The maximum absolute atomic E-state index is 13.5. The minimum atomic E-state index is -0.302. The molecule has 0 spiro atoms. The second-order valence-corrected chi connectivity index (χ2v) is 9.66. The molecule has 2 aromatic heterocycles. The van der Waals surface area contributed by atoms with E-state index in [0.29, 0.717) is 53.7 Å². The lowest BCUT2D eigenvalue weighted by molar-refractivity contribution is 0.0303. The number of fused-ring (bicyclic) bond motifs is 1. The number of carbonyl (C=O) groups is 3. The van der Waals surface area contributed by atoms with Crippen molar-refractivity contribution in [3.8, 4) is 0 Å². The molecule has 8 nitrogen and oxygen atoms in total. The first-order valence-electron chi connectivity index (χ1n) is 11.7. The van der Waals surface area contributed by atoms with Gasteiger partial charge in [0.1, 0.15) is 5.00 Å². The van der Waals surface area contributed by atoms with Crippen molar-refractivity contribution < 1.29 is 19.1 Å². The Kier molecular flexibility index (Phi) is 6.87. The summed E-state index contributed by atoms with van der Waals surface area (Å²) in [5, 5.41) is 6.43. The highest BCUT2D eigenvalue weighted by molar-refractivity contribution is 7.17. The molecule has 1 aliphatic carbocycles. The van der Waals surface area contributed by atoms with Gasteiger partial charge in [0, 0.05) is 41.6 Å². The monoisotopic (exact) mass is 490 g/mol. The number of amides is 3. The molecule has 3 amide bonds. The van der Waals surface area contributed by atoms with E-state index in [1.165, 1.54) is 17.5 Å². The smallest absolute Gasteiger partial charge is 0.258 e. The Labute approximate surface area is 207 Å². The summed E-state index contributed by atoms with van der Waals surface area (Å²) < 4.78 is 5.33. The van der Waals surface area contributed by atoms with Crippen molar-refractivity contribution in [1.82, 2.24) is 9.88 Å². The molecule has 0 atom stereocenters. The van der Waals surface area contributed by atoms with Crippen molar-refractivity contribution >= 4 is 39.7 Å². The molecule has 180 valence electrons. The van der Waals surface area contributed by atoms with Crippen molar-refractivity contribution in [2.45, 2.75) is 25.7 Å². The predicted molar refractivity (Wildman–Crippen MR) is 134 cm³/mol. The van der Waals surface area contributed by atoms with Crippen LogP contribution in [0.15, 0.2) is 48.8 Å². The van der Waals surface area contributed by atoms with Crippen molar-refractivity contribution in [3.05, 3.63) is 75.9 Å². The number of carbonyl (C=O) groups excluding carboxylic acids is 3. The number of hydrogen-bond donors (Lipinski definition) is 2. The van der Waals surface area contributed by atoms with Crippen molar-refractivity contribution in [2.24, 2.45) is 0 Å². The number of nitrogens with one attached hydrogen (secondary N) is 2. The third kappa shape index (κ3) is 5.11. The van der Waals surface area contributed by atoms with Crippen molar-refractivity contribution in [2.75, 3.05) is 36.9 Å². The van der Waals surface area contributed by atoms with Crippen molar-refractivity contribution in [3.63, 3.8) is 0 Å². The summed E-state index contributed by atoms with van der Waals surface area (Å²) >= 11 is 1.46. The zero-order valence-electron chi connectivity index (χ0n) is 19.2. The average Bonchev–Trinajstić information content (AvgIpc) is 3.27. The Morgan fingerprint density at radius 3 is 2.54 bits per heavy atom. The van der Waals surface area contributed by atoms with E-state index >= 15 is 0 Å². The van der Waals surface area contributed by atoms with E-state index in [1.54, 1.807) is 47.5 Å². The third-order valence-electron chi connectivity index (χ3n) is 6.21. The number of aryl methyl sites for hydroxylation is 1. The van der Waals surface area contributed by atoms with E-state index in [9.17, 15) is 14.4 Å². The number of nitrogens with zero attached hydrogens (tertiary/aromatic N) is 2. The van der Waals surface area contributed by atoms with Crippen LogP contribution < -0.4 is 10.6 Å². The van der Waals surface area contributed by atoms with Gasteiger partial charge in [-0.05, 0) is 61.6 Å². The molecule has 0 radical (unpaired) electrons. The molecule has 9 heteroatoms. The van der Waals surface area contributed by atoms with Crippen LogP contribution in [0, 0.1) is 0 Å². The average molecular weight is 491 g/mol. The first kappa shape index (κ1) is 23.2. The number of ether oxygens (including phenoxy) is 1. The van der Waals surface area contributed by atoms with Crippen LogP contribution in [0.4, 0.5) is 10.7 Å². The van der Waals surface area contributed by atoms with Crippen LogP contribution in [-0.2, 0) is 17.6 Å². The van der Waals surface area contributed by atoms with Gasteiger partial charge in [0.2, 0.25) is 0 Å². The zero-order valence-corrected chi connectivity index (χ0v) is 20.0. The molecule has 0 unspecified atom stereocenters. The van der Waals surface area contributed by atoms with E-state index < -0.39 is 0 Å². The lowest BCUT2D eigenvalue weighted by atomic mass is 9.95. The van der Waals surface area contributed by atoms with E-state index in [4.69, 9.17) is 4.74 Å². The van der Waals surface area contributed by atoms with Crippen LogP contribution in [0.3, 0.4) is 0 Å². The van der Waals surface area contributed by atoms with Gasteiger partial charge in [0.05, 0.1) is 24.3 Å². The van der Waals surface area contributed by atoms with Gasteiger partial charge in [-0.25, -0.2) is 0 Å². The molecule has 3 aromatic rings. The summed E-state index contributed by atoms with van der Waals surface area (Å²) in [6.07, 6.45) is 6.87. The maximum atomic E-state index is 13.5. The van der Waals surface area contributed by atoms with E-state index in [2.05, 4.69) is 15.6 Å². The first-order chi connectivity index (χ1) is 17.1. The van der Waals surface area contributed by atoms with E-state index in [-0.39, 0.29) is 17.7 Å². The highest BCUT2D eigenvalue weighted by atomic mass is 32.1. The molecule has 0 bridgehead atoms. The molecule has 0 saturated carbocycles. The molecule has 2 aliphatic rings. The fourth-order valence-electron chi connectivity index (χ4n) is 4.44. The first-order valence-corrected chi connectivity index (χ1v) is 12.6. The highest BCUT2D eigenvalue weighted by Crippen LogP contribution is 2.38. The largest absolute Gasteiger partial charge is 0.378 e. The topological polar surface area (TPSA) is 101 Å².